The minimum Gasteiger partial charge on any atom is -0.229 e. The Balaban J connectivity index is 3.78. The Hall–Kier alpha value is 0.430. The second-order valence-electron chi connectivity index (χ2n) is 3.56. The maximum atomic E-state index is 11.4. The highest BCUT2D eigenvalue weighted by Gasteiger charge is 2.15. The lowest BCUT2D eigenvalue weighted by molar-refractivity contribution is 0.581. The molecule has 0 aromatic carbocycles. The Morgan fingerprint density at radius 2 is 1.85 bits per heavy atom. The highest BCUT2D eigenvalue weighted by molar-refractivity contribution is 9.09. The fraction of sp³-hybridized carbons (Fsp3) is 1.00. The number of rotatable bonds is 6. The van der Waals surface area contributed by atoms with Crippen LogP contribution in [0.3, 0.4) is 0 Å². The third-order valence-corrected chi connectivity index (χ3v) is 5.51. The van der Waals surface area contributed by atoms with Crippen LogP contribution in [0.15, 0.2) is 0 Å². The van der Waals surface area contributed by atoms with Crippen molar-refractivity contribution in [2.24, 2.45) is 0 Å². The zero-order chi connectivity index (χ0) is 10.5. The van der Waals surface area contributed by atoms with Gasteiger partial charge in [-0.3, -0.25) is 0 Å². The minimum atomic E-state index is -2.82. The van der Waals surface area contributed by atoms with Gasteiger partial charge in [0.2, 0.25) is 0 Å². The van der Waals surface area contributed by atoms with Gasteiger partial charge in [-0.1, -0.05) is 22.9 Å². The van der Waals surface area contributed by atoms with E-state index in [1.54, 1.807) is 13.8 Å². The highest BCUT2D eigenvalue weighted by atomic mass is 79.9. The summed E-state index contributed by atoms with van der Waals surface area (Å²) < 4.78 is 22.8. The standard InChI is InChI=1S/C9H19BrO2S/c1-4-9(10)6-5-7-13(11,12)8(2)3/h8-9H,4-7H2,1-3H3. The van der Waals surface area contributed by atoms with Gasteiger partial charge >= 0.3 is 0 Å². The van der Waals surface area contributed by atoms with Crippen molar-refractivity contribution >= 4 is 25.8 Å². The van der Waals surface area contributed by atoms with Crippen LogP contribution < -0.4 is 0 Å². The first-order chi connectivity index (χ1) is 5.90. The third kappa shape index (κ3) is 5.68. The van der Waals surface area contributed by atoms with E-state index in [9.17, 15) is 8.42 Å². The van der Waals surface area contributed by atoms with Crippen LogP contribution in [0.1, 0.15) is 40.0 Å². The van der Waals surface area contributed by atoms with Gasteiger partial charge in [-0.05, 0) is 33.1 Å². The van der Waals surface area contributed by atoms with Crippen molar-refractivity contribution in [2.75, 3.05) is 5.75 Å². The van der Waals surface area contributed by atoms with Crippen LogP contribution in [0, 0.1) is 0 Å². The molecule has 0 bridgehead atoms. The molecule has 0 amide bonds. The molecule has 0 fully saturated rings. The fourth-order valence-electron chi connectivity index (χ4n) is 0.946. The summed E-state index contributed by atoms with van der Waals surface area (Å²) in [7, 11) is -2.82. The molecule has 0 heterocycles. The predicted molar refractivity (Wildman–Crippen MR) is 61.2 cm³/mol. The van der Waals surface area contributed by atoms with Gasteiger partial charge < -0.3 is 0 Å². The number of hydrogen-bond donors (Lipinski definition) is 0. The first-order valence-electron chi connectivity index (χ1n) is 4.75. The maximum Gasteiger partial charge on any atom is 0.152 e. The summed E-state index contributed by atoms with van der Waals surface area (Å²) in [5, 5.41) is -0.233. The van der Waals surface area contributed by atoms with Gasteiger partial charge in [0.1, 0.15) is 0 Å². The zero-order valence-corrected chi connectivity index (χ0v) is 11.0. The summed E-state index contributed by atoms with van der Waals surface area (Å²) in [5.41, 5.74) is 0. The molecule has 4 heteroatoms. The molecule has 0 saturated heterocycles. The maximum absolute atomic E-state index is 11.4. The molecule has 0 aliphatic heterocycles. The van der Waals surface area contributed by atoms with E-state index in [-0.39, 0.29) is 5.25 Å². The summed E-state index contributed by atoms with van der Waals surface area (Å²) in [6, 6.07) is 0. The SMILES string of the molecule is CCC(Br)CCCS(=O)(=O)C(C)C. The minimum absolute atomic E-state index is 0.233. The summed E-state index contributed by atoms with van der Waals surface area (Å²) >= 11 is 3.49. The predicted octanol–water partition coefficient (Wildman–Crippen LogP) is 2.76. The first kappa shape index (κ1) is 13.4. The molecule has 0 aromatic rings. The Morgan fingerprint density at radius 3 is 2.23 bits per heavy atom. The van der Waals surface area contributed by atoms with Crippen molar-refractivity contribution in [1.82, 2.24) is 0 Å². The first-order valence-corrected chi connectivity index (χ1v) is 7.39. The van der Waals surface area contributed by atoms with Gasteiger partial charge in [0.25, 0.3) is 0 Å². The molecule has 0 spiro atoms. The number of halogens is 1. The number of sulfone groups is 1. The largest absolute Gasteiger partial charge is 0.229 e. The molecule has 0 radical (unpaired) electrons. The van der Waals surface area contributed by atoms with Gasteiger partial charge in [0.15, 0.2) is 9.84 Å². The molecular weight excluding hydrogens is 252 g/mol. The lowest BCUT2D eigenvalue weighted by atomic mass is 10.2. The monoisotopic (exact) mass is 270 g/mol. The normalized spacial score (nSPS) is 14.8. The molecule has 1 atom stereocenters. The van der Waals surface area contributed by atoms with E-state index >= 15 is 0 Å². The van der Waals surface area contributed by atoms with E-state index in [2.05, 4.69) is 22.9 Å². The molecule has 0 aliphatic carbocycles. The van der Waals surface area contributed by atoms with Crippen molar-refractivity contribution in [2.45, 2.75) is 50.1 Å². The summed E-state index contributed by atoms with van der Waals surface area (Å²) in [4.78, 5) is 0.467. The van der Waals surface area contributed by atoms with Crippen LogP contribution in [0.5, 0.6) is 0 Å². The summed E-state index contributed by atoms with van der Waals surface area (Å²) in [5.74, 6) is 0.326. The summed E-state index contributed by atoms with van der Waals surface area (Å²) in [6.07, 6.45) is 2.77. The highest BCUT2D eigenvalue weighted by Crippen LogP contribution is 2.13. The van der Waals surface area contributed by atoms with E-state index in [4.69, 9.17) is 0 Å². The quantitative estimate of drug-likeness (QED) is 0.696. The Morgan fingerprint density at radius 1 is 1.31 bits per heavy atom. The van der Waals surface area contributed by atoms with Crippen molar-refractivity contribution in [3.8, 4) is 0 Å². The molecule has 1 unspecified atom stereocenters. The van der Waals surface area contributed by atoms with Crippen molar-refractivity contribution in [3.05, 3.63) is 0 Å². The van der Waals surface area contributed by atoms with E-state index in [1.807, 2.05) is 0 Å². The zero-order valence-electron chi connectivity index (χ0n) is 8.59. The van der Waals surface area contributed by atoms with Crippen LogP contribution in [0.4, 0.5) is 0 Å². The Labute approximate surface area is 90.2 Å². The molecule has 0 rings (SSSR count). The van der Waals surface area contributed by atoms with Crippen LogP contribution in [-0.2, 0) is 9.84 Å². The smallest absolute Gasteiger partial charge is 0.152 e. The molecule has 0 saturated carbocycles. The lowest BCUT2D eigenvalue weighted by Gasteiger charge is -2.09. The number of hydrogen-bond acceptors (Lipinski definition) is 2. The second kappa shape index (κ2) is 6.02. The molecule has 0 N–H and O–H groups in total. The number of alkyl halides is 1. The average Bonchev–Trinajstić information content (AvgIpc) is 2.03. The van der Waals surface area contributed by atoms with Crippen LogP contribution in [-0.4, -0.2) is 24.2 Å². The van der Waals surface area contributed by atoms with Crippen molar-refractivity contribution < 1.29 is 8.42 Å². The lowest BCUT2D eigenvalue weighted by Crippen LogP contribution is -2.18. The molecule has 0 aromatic heterocycles. The van der Waals surface area contributed by atoms with Gasteiger partial charge in [-0.2, -0.15) is 0 Å². The van der Waals surface area contributed by atoms with Crippen molar-refractivity contribution in [1.29, 1.82) is 0 Å². The Kier molecular flexibility index (Phi) is 6.21. The Bertz CT molecular complexity index is 222. The van der Waals surface area contributed by atoms with Gasteiger partial charge in [0.05, 0.1) is 11.0 Å². The molecular formula is C9H19BrO2S. The van der Waals surface area contributed by atoms with E-state index < -0.39 is 9.84 Å². The van der Waals surface area contributed by atoms with E-state index in [1.165, 1.54) is 0 Å². The second-order valence-corrected chi connectivity index (χ2v) is 7.54. The van der Waals surface area contributed by atoms with Gasteiger partial charge in [-0.25, -0.2) is 8.42 Å². The van der Waals surface area contributed by atoms with Crippen LogP contribution in [0.2, 0.25) is 0 Å². The summed E-state index contributed by atoms with van der Waals surface area (Å²) in [6.45, 7) is 5.57. The third-order valence-electron chi connectivity index (χ3n) is 2.11. The van der Waals surface area contributed by atoms with Crippen LogP contribution >= 0.6 is 15.9 Å². The molecule has 13 heavy (non-hydrogen) atoms. The van der Waals surface area contributed by atoms with E-state index in [0.29, 0.717) is 10.6 Å². The fourth-order valence-corrected chi connectivity index (χ4v) is 2.31. The topological polar surface area (TPSA) is 34.1 Å². The van der Waals surface area contributed by atoms with Gasteiger partial charge in [-0.15, -0.1) is 0 Å². The molecule has 80 valence electrons. The van der Waals surface area contributed by atoms with Crippen LogP contribution in [0.25, 0.3) is 0 Å². The van der Waals surface area contributed by atoms with Gasteiger partial charge in [0, 0.05) is 4.83 Å². The molecule has 2 nitrogen and oxygen atoms in total. The average molecular weight is 271 g/mol. The molecule has 0 aliphatic rings. The van der Waals surface area contributed by atoms with Crippen molar-refractivity contribution in [3.63, 3.8) is 0 Å². The van der Waals surface area contributed by atoms with E-state index in [0.717, 1.165) is 19.3 Å².